The largest absolute Gasteiger partial charge is 0.512 e. The van der Waals surface area contributed by atoms with Gasteiger partial charge in [-0.1, -0.05) is 74.8 Å². The number of aromatic nitrogens is 2. The van der Waals surface area contributed by atoms with Gasteiger partial charge in [0.25, 0.3) is 0 Å². The molecule has 0 amide bonds. The molecule has 1 unspecified atom stereocenters. The molecule has 0 spiro atoms. The van der Waals surface area contributed by atoms with E-state index in [1.165, 1.54) is 11.6 Å². The number of ketones is 1. The van der Waals surface area contributed by atoms with Crippen LogP contribution in [0.2, 0.25) is 0 Å². The molecular weight excluding hydrogens is 613 g/mol. The van der Waals surface area contributed by atoms with Crippen molar-refractivity contribution in [2.24, 2.45) is 10.8 Å². The summed E-state index contributed by atoms with van der Waals surface area (Å²) in [5.41, 5.74) is 5.64. The molecule has 0 fully saturated rings. The Labute approximate surface area is 224 Å². The normalized spacial score (nSPS) is 12.9. The molecular formula is C30H39IrN2O2-. The Morgan fingerprint density at radius 2 is 1.71 bits per heavy atom. The van der Waals surface area contributed by atoms with Gasteiger partial charge in [-0.25, -0.2) is 0 Å². The first-order chi connectivity index (χ1) is 15.7. The number of aliphatic hydroxyl groups is 1. The van der Waals surface area contributed by atoms with Crippen molar-refractivity contribution >= 4 is 16.8 Å². The summed E-state index contributed by atoms with van der Waals surface area (Å²) >= 11 is 0. The third-order valence-corrected chi connectivity index (χ3v) is 5.71. The number of pyridine rings is 2. The molecule has 3 rings (SSSR count). The molecule has 0 bridgehead atoms. The number of fused-ring (bicyclic) bond motifs is 1. The van der Waals surface area contributed by atoms with Crippen molar-refractivity contribution in [1.29, 1.82) is 0 Å². The summed E-state index contributed by atoms with van der Waals surface area (Å²) in [5, 5.41) is 9.56. The van der Waals surface area contributed by atoms with E-state index >= 15 is 0 Å². The van der Waals surface area contributed by atoms with Crippen LogP contribution in [0.4, 0.5) is 0 Å². The van der Waals surface area contributed by atoms with Crippen molar-refractivity contribution in [3.63, 3.8) is 0 Å². The van der Waals surface area contributed by atoms with Gasteiger partial charge in [0, 0.05) is 43.2 Å². The van der Waals surface area contributed by atoms with Gasteiger partial charge in [0.2, 0.25) is 0 Å². The number of carbonyl (C=O) groups excluding carboxylic acids is 1. The average Bonchev–Trinajstić information content (AvgIpc) is 2.76. The topological polar surface area (TPSA) is 63.1 Å². The second-order valence-corrected chi connectivity index (χ2v) is 11.0. The summed E-state index contributed by atoms with van der Waals surface area (Å²) < 4.78 is 0. The minimum atomic E-state index is -0.417. The minimum Gasteiger partial charge on any atom is -0.512 e. The maximum absolute atomic E-state index is 11.5. The molecule has 2 heterocycles. The van der Waals surface area contributed by atoms with E-state index in [-0.39, 0.29) is 37.1 Å². The second kappa shape index (κ2) is 12.6. The van der Waals surface area contributed by atoms with Crippen LogP contribution in [0.1, 0.15) is 78.9 Å². The summed E-state index contributed by atoms with van der Waals surface area (Å²) in [6, 6.07) is 15.8. The number of hydrogen-bond donors (Lipinski definition) is 1. The predicted molar refractivity (Wildman–Crippen MR) is 142 cm³/mol. The Balaban J connectivity index is 0.000000383. The SMILES string of the molecule is CC(C)(C)C(=O)/C=C(\O)C(C)(C)C.CCC(C)c1cc(C)[c-]c(-c2ccc3ncccc3n2)c1.[Ir]. The van der Waals surface area contributed by atoms with Gasteiger partial charge >= 0.3 is 0 Å². The van der Waals surface area contributed by atoms with E-state index in [1.807, 2.05) is 65.8 Å². The summed E-state index contributed by atoms with van der Waals surface area (Å²) in [6.07, 6.45) is 4.27. The van der Waals surface area contributed by atoms with E-state index in [4.69, 9.17) is 4.98 Å². The van der Waals surface area contributed by atoms with E-state index in [0.29, 0.717) is 5.92 Å². The van der Waals surface area contributed by atoms with Gasteiger partial charge in [-0.2, -0.15) is 0 Å². The van der Waals surface area contributed by atoms with Crippen LogP contribution in [0, 0.1) is 23.8 Å². The maximum Gasteiger partial charge on any atom is 0.164 e. The maximum atomic E-state index is 11.5. The molecule has 0 saturated carbocycles. The van der Waals surface area contributed by atoms with Crippen LogP contribution in [0.3, 0.4) is 0 Å². The fourth-order valence-corrected chi connectivity index (χ4v) is 3.07. The summed E-state index contributed by atoms with van der Waals surface area (Å²) in [4.78, 5) is 20.5. The number of hydrogen-bond acceptors (Lipinski definition) is 4. The van der Waals surface area contributed by atoms with Crippen molar-refractivity contribution < 1.29 is 30.0 Å². The molecule has 191 valence electrons. The van der Waals surface area contributed by atoms with Gasteiger partial charge in [-0.05, 0) is 29.8 Å². The molecule has 3 aromatic rings. The van der Waals surface area contributed by atoms with Crippen molar-refractivity contribution in [2.75, 3.05) is 0 Å². The van der Waals surface area contributed by atoms with Gasteiger partial charge < -0.3 is 5.11 Å². The number of aryl methyl sites for hydroxylation is 1. The first-order valence-corrected chi connectivity index (χ1v) is 11.9. The first-order valence-electron chi connectivity index (χ1n) is 11.9. The van der Waals surface area contributed by atoms with Crippen LogP contribution < -0.4 is 0 Å². The number of nitrogens with zero attached hydrogens (tertiary/aromatic N) is 2. The number of carbonyl (C=O) groups is 1. The van der Waals surface area contributed by atoms with E-state index in [9.17, 15) is 9.90 Å². The molecule has 1 atom stereocenters. The monoisotopic (exact) mass is 652 g/mol. The van der Waals surface area contributed by atoms with Crippen molar-refractivity contribution in [3.05, 3.63) is 71.6 Å². The van der Waals surface area contributed by atoms with Crippen LogP contribution >= 0.6 is 0 Å². The van der Waals surface area contributed by atoms with E-state index in [1.54, 1.807) is 6.20 Å². The van der Waals surface area contributed by atoms with Crippen LogP contribution in [-0.4, -0.2) is 20.9 Å². The van der Waals surface area contributed by atoms with Gasteiger partial charge in [0.15, 0.2) is 5.78 Å². The molecule has 0 aliphatic rings. The quantitative estimate of drug-likeness (QED) is 0.176. The zero-order valence-electron chi connectivity index (χ0n) is 22.5. The van der Waals surface area contributed by atoms with Gasteiger partial charge in [-0.15, -0.1) is 34.9 Å². The van der Waals surface area contributed by atoms with Crippen LogP contribution in [0.15, 0.2) is 54.4 Å². The Bertz CT molecular complexity index is 1170. The molecule has 0 aliphatic carbocycles. The molecule has 2 aromatic heterocycles. The van der Waals surface area contributed by atoms with E-state index in [2.05, 4.69) is 44.0 Å². The number of rotatable bonds is 4. The third kappa shape index (κ3) is 8.98. The molecule has 1 N–H and O–H groups in total. The summed E-state index contributed by atoms with van der Waals surface area (Å²) in [5.74, 6) is 0.659. The molecule has 4 nitrogen and oxygen atoms in total. The Morgan fingerprint density at radius 1 is 1.06 bits per heavy atom. The van der Waals surface area contributed by atoms with Gasteiger partial charge in [0.05, 0.1) is 11.0 Å². The zero-order chi connectivity index (χ0) is 25.7. The van der Waals surface area contributed by atoms with Crippen LogP contribution in [0.5, 0.6) is 0 Å². The first kappa shape index (κ1) is 30.7. The summed E-state index contributed by atoms with van der Waals surface area (Å²) in [7, 11) is 0. The minimum absolute atomic E-state index is 0. The Hall–Kier alpha value is -2.36. The molecule has 1 aromatic carbocycles. The van der Waals surface area contributed by atoms with Gasteiger partial charge in [0.1, 0.15) is 5.76 Å². The number of aliphatic hydroxyl groups excluding tert-OH is 1. The smallest absolute Gasteiger partial charge is 0.164 e. The van der Waals surface area contributed by atoms with E-state index < -0.39 is 5.41 Å². The predicted octanol–water partition coefficient (Wildman–Crippen LogP) is 8.01. The molecule has 5 heteroatoms. The van der Waals surface area contributed by atoms with E-state index in [0.717, 1.165) is 34.3 Å². The Kier molecular flexibility index (Phi) is 11.0. The van der Waals surface area contributed by atoms with Gasteiger partial charge in [-0.3, -0.25) is 14.8 Å². The van der Waals surface area contributed by atoms with Crippen molar-refractivity contribution in [2.45, 2.75) is 74.7 Å². The fourth-order valence-electron chi connectivity index (χ4n) is 3.07. The Morgan fingerprint density at radius 3 is 2.29 bits per heavy atom. The number of benzene rings is 1. The van der Waals surface area contributed by atoms with Crippen molar-refractivity contribution in [1.82, 2.24) is 9.97 Å². The zero-order valence-corrected chi connectivity index (χ0v) is 24.9. The fraction of sp³-hybridized carbons (Fsp3) is 0.433. The third-order valence-electron chi connectivity index (χ3n) is 5.71. The molecule has 0 aliphatic heterocycles. The molecule has 1 radical (unpaired) electrons. The number of allylic oxidation sites excluding steroid dienone is 2. The van der Waals surface area contributed by atoms with Crippen molar-refractivity contribution in [3.8, 4) is 11.3 Å². The molecule has 35 heavy (non-hydrogen) atoms. The van der Waals surface area contributed by atoms with Crippen LogP contribution in [-0.2, 0) is 24.9 Å². The van der Waals surface area contributed by atoms with Crippen LogP contribution in [0.25, 0.3) is 22.3 Å². The molecule has 0 saturated heterocycles. The average molecular weight is 652 g/mol. The second-order valence-electron chi connectivity index (χ2n) is 11.0. The summed E-state index contributed by atoms with van der Waals surface area (Å²) in [6.45, 7) is 17.7. The standard InChI is InChI=1S/C19H19N2.C11H20O2.Ir/c1-4-14(3)15-10-13(2)11-16(12-15)17-7-8-18-19(21-17)6-5-9-20-18;1-10(2,3)8(12)7-9(13)11(4,5)6;/h5-10,12,14H,4H2,1-3H3;7,12H,1-6H3;/q-1;;/b;8-7-;.